The highest BCUT2D eigenvalue weighted by molar-refractivity contribution is 5.73. The maximum absolute atomic E-state index is 14.2. The number of esters is 1. The van der Waals surface area contributed by atoms with E-state index in [0.29, 0.717) is 6.42 Å². The first kappa shape index (κ1) is 47.4. The van der Waals surface area contributed by atoms with Gasteiger partial charge in [0.15, 0.2) is 12.6 Å². The lowest BCUT2D eigenvalue weighted by Crippen LogP contribution is -2.61. The number of unbranched alkanes of at least 4 members (excludes halogenated alkanes) is 1. The maximum Gasteiger partial charge on any atom is 0.311 e. The molecular formula is C40H75NO13. The predicted molar refractivity (Wildman–Crippen MR) is 201 cm³/mol. The largest absolute Gasteiger partial charge is 0.459 e. The van der Waals surface area contributed by atoms with Gasteiger partial charge in [-0.1, -0.05) is 41.0 Å². The molecule has 54 heavy (non-hydrogen) atoms. The van der Waals surface area contributed by atoms with Crippen LogP contribution in [0.3, 0.4) is 0 Å². The Morgan fingerprint density at radius 1 is 0.870 bits per heavy atom. The minimum Gasteiger partial charge on any atom is -0.459 e. The second-order valence-corrected chi connectivity index (χ2v) is 17.6. The van der Waals surface area contributed by atoms with E-state index in [1.807, 2.05) is 14.0 Å². The summed E-state index contributed by atoms with van der Waals surface area (Å²) in [6, 6.07) is -0.290. The first-order valence-electron chi connectivity index (χ1n) is 20.2. The molecule has 0 aromatic carbocycles. The zero-order valence-electron chi connectivity index (χ0n) is 35.2. The summed E-state index contributed by atoms with van der Waals surface area (Å²) in [4.78, 5) is 16.3. The lowest BCUT2D eigenvalue weighted by Gasteiger charge is -2.49. The van der Waals surface area contributed by atoms with Crippen LogP contribution in [0, 0.1) is 23.7 Å². The zero-order chi connectivity index (χ0) is 41.1. The molecule has 3 aliphatic heterocycles. The molecule has 0 unspecified atom stereocenters. The van der Waals surface area contributed by atoms with E-state index in [9.17, 15) is 35.4 Å². The van der Waals surface area contributed by atoms with Gasteiger partial charge in [0.2, 0.25) is 0 Å². The second kappa shape index (κ2) is 19.2. The molecule has 14 nitrogen and oxygen atoms in total. The smallest absolute Gasteiger partial charge is 0.311 e. The third kappa shape index (κ3) is 10.5. The summed E-state index contributed by atoms with van der Waals surface area (Å²) in [5.41, 5.74) is -4.72. The topological polar surface area (TPSA) is 197 Å². The first-order valence-corrected chi connectivity index (χ1v) is 20.2. The third-order valence-electron chi connectivity index (χ3n) is 12.8. The van der Waals surface area contributed by atoms with Gasteiger partial charge in [-0.15, -0.1) is 0 Å². The van der Waals surface area contributed by atoms with E-state index in [2.05, 4.69) is 11.8 Å². The summed E-state index contributed by atoms with van der Waals surface area (Å²) < 4.78 is 37.5. The number of cyclic esters (lactones) is 1. The molecule has 0 spiro atoms. The van der Waals surface area contributed by atoms with Crippen LogP contribution < -0.4 is 0 Å². The van der Waals surface area contributed by atoms with Crippen LogP contribution in [0.2, 0.25) is 0 Å². The molecule has 318 valence electrons. The van der Waals surface area contributed by atoms with Crippen molar-refractivity contribution < 1.29 is 63.9 Å². The fourth-order valence-corrected chi connectivity index (χ4v) is 9.09. The number of nitrogens with zero attached hydrogens (tertiary/aromatic N) is 1. The van der Waals surface area contributed by atoms with E-state index in [1.165, 1.54) is 14.0 Å². The van der Waals surface area contributed by atoms with Crippen LogP contribution in [0.25, 0.3) is 0 Å². The van der Waals surface area contributed by atoms with Gasteiger partial charge in [-0.25, -0.2) is 0 Å². The van der Waals surface area contributed by atoms with Crippen molar-refractivity contribution in [1.82, 2.24) is 4.90 Å². The molecule has 0 aromatic heterocycles. The van der Waals surface area contributed by atoms with Crippen LogP contribution in [-0.4, -0.2) is 153 Å². The van der Waals surface area contributed by atoms with Gasteiger partial charge in [0.05, 0.1) is 53.7 Å². The van der Waals surface area contributed by atoms with Crippen molar-refractivity contribution >= 4 is 5.97 Å². The van der Waals surface area contributed by atoms with Gasteiger partial charge in [0.25, 0.3) is 0 Å². The molecule has 3 heterocycles. The Balaban J connectivity index is 2.17. The molecule has 0 radical (unpaired) electrons. The van der Waals surface area contributed by atoms with Crippen LogP contribution in [0.5, 0.6) is 0 Å². The number of methoxy groups -OCH3 is 1. The van der Waals surface area contributed by atoms with Crippen molar-refractivity contribution in [3.05, 3.63) is 0 Å². The average Bonchev–Trinajstić information content (AvgIpc) is 3.11. The number of aliphatic hydroxyl groups is 6. The van der Waals surface area contributed by atoms with Gasteiger partial charge in [0, 0.05) is 31.4 Å². The molecule has 0 aliphatic carbocycles. The Morgan fingerprint density at radius 3 is 2.07 bits per heavy atom. The van der Waals surface area contributed by atoms with Crippen molar-refractivity contribution in [2.45, 2.75) is 205 Å². The Morgan fingerprint density at radius 2 is 1.50 bits per heavy atom. The van der Waals surface area contributed by atoms with E-state index in [-0.39, 0.29) is 31.4 Å². The van der Waals surface area contributed by atoms with Gasteiger partial charge in [0.1, 0.15) is 23.9 Å². The van der Waals surface area contributed by atoms with Gasteiger partial charge >= 0.3 is 5.97 Å². The van der Waals surface area contributed by atoms with Crippen molar-refractivity contribution in [1.29, 1.82) is 0 Å². The lowest BCUT2D eigenvalue weighted by atomic mass is 9.73. The fraction of sp³-hybridized carbons (Fsp3) is 0.975. The summed E-state index contributed by atoms with van der Waals surface area (Å²) in [6.45, 7) is 19.7. The Kier molecular flexibility index (Phi) is 16.8. The van der Waals surface area contributed by atoms with Crippen molar-refractivity contribution in [3.8, 4) is 0 Å². The predicted octanol–water partition coefficient (Wildman–Crippen LogP) is 2.75. The summed E-state index contributed by atoms with van der Waals surface area (Å²) in [5, 5.41) is 69.9. The first-order chi connectivity index (χ1) is 25.0. The summed E-state index contributed by atoms with van der Waals surface area (Å²) in [5.74, 6) is -4.11. The van der Waals surface area contributed by atoms with Crippen molar-refractivity contribution in [2.75, 3.05) is 20.7 Å². The minimum absolute atomic E-state index is 0.0335. The van der Waals surface area contributed by atoms with E-state index in [4.69, 9.17) is 28.4 Å². The number of aliphatic hydroxyl groups excluding tert-OH is 4. The molecule has 3 rings (SSSR count). The minimum atomic E-state index is -1.94. The van der Waals surface area contributed by atoms with Crippen molar-refractivity contribution in [2.24, 2.45) is 23.7 Å². The third-order valence-corrected chi connectivity index (χ3v) is 12.8. The number of likely N-dealkylation sites (N-methyl/N-ethyl adjacent to an activating group) is 1. The SMILES string of the molecule is CCCCN(C)[C@H]1C[C@@H](C)O[C@@H](O[C@@H]2[C@@H](C)[C@H](O[C@H]3C[C@@](C)(OC)[C@@H](O)[C@H](C)O3)[C@@H](C)C(=O)O[C@H](CC)[C@@](C)(O)[C@H](O)[C@@H](C)[C@@H](O)[C@H](C)C[C@@]2(C)O)[C@@H]1O. The monoisotopic (exact) mass is 778 g/mol. The van der Waals surface area contributed by atoms with Gasteiger partial charge in [-0.05, 0) is 86.7 Å². The quantitative estimate of drug-likeness (QED) is 0.177. The van der Waals surface area contributed by atoms with Gasteiger partial charge < -0.3 is 64.0 Å². The highest BCUT2D eigenvalue weighted by atomic mass is 16.7. The van der Waals surface area contributed by atoms with Crippen LogP contribution in [0.1, 0.15) is 115 Å². The van der Waals surface area contributed by atoms with Gasteiger partial charge in [-0.2, -0.15) is 0 Å². The standard InChI is InChI=1S/C40H75NO13/c1-14-16-17-41(12)27-18-22(4)50-37(31(27)43)54-35-24(6)32(53-29-20-39(10,49-13)34(45)26(8)51-29)25(7)36(46)52-28(15-2)40(11,48)33(44)23(5)30(42)21(3)19-38(35,9)47/h21-35,37,42-45,47-48H,14-20H2,1-13H3/t21-,22-,23+,24+,25-,26+,27+,28-,29+,30+,31-,32+,33-,34+,35-,37+,38-,39-,40-/m1/s1. The number of hydrogen-bond acceptors (Lipinski definition) is 14. The molecule has 3 saturated heterocycles. The number of ether oxygens (including phenoxy) is 6. The number of rotatable bonds is 10. The molecule has 0 amide bonds. The van der Waals surface area contributed by atoms with Crippen LogP contribution in [0.15, 0.2) is 0 Å². The molecule has 0 bridgehead atoms. The van der Waals surface area contributed by atoms with Gasteiger partial charge in [-0.3, -0.25) is 4.79 Å². The lowest BCUT2D eigenvalue weighted by molar-refractivity contribution is -0.318. The van der Waals surface area contributed by atoms with Crippen LogP contribution >= 0.6 is 0 Å². The molecular weight excluding hydrogens is 702 g/mol. The fourth-order valence-electron chi connectivity index (χ4n) is 9.09. The molecule has 14 heteroatoms. The van der Waals surface area contributed by atoms with Crippen LogP contribution in [0.4, 0.5) is 0 Å². The summed E-state index contributed by atoms with van der Waals surface area (Å²) >= 11 is 0. The number of hydrogen-bond donors (Lipinski definition) is 6. The zero-order valence-corrected chi connectivity index (χ0v) is 35.2. The number of carbonyl (C=O) groups is 1. The number of carbonyl (C=O) groups excluding carboxylic acids is 1. The van der Waals surface area contributed by atoms with Crippen molar-refractivity contribution in [3.63, 3.8) is 0 Å². The highest BCUT2D eigenvalue weighted by Crippen LogP contribution is 2.41. The average molecular weight is 778 g/mol. The molecule has 0 aromatic rings. The molecule has 3 fully saturated rings. The molecule has 19 atom stereocenters. The Hall–Kier alpha value is -1.01. The van der Waals surface area contributed by atoms with E-state index < -0.39 is 108 Å². The highest BCUT2D eigenvalue weighted by Gasteiger charge is 2.53. The maximum atomic E-state index is 14.2. The molecule has 3 aliphatic rings. The molecule has 6 N–H and O–H groups in total. The van der Waals surface area contributed by atoms with E-state index in [1.54, 1.807) is 55.4 Å². The van der Waals surface area contributed by atoms with Crippen LogP contribution in [-0.2, 0) is 33.2 Å². The Labute approximate surface area is 323 Å². The normalized spacial score (nSPS) is 49.0. The molecule has 0 saturated carbocycles. The summed E-state index contributed by atoms with van der Waals surface area (Å²) in [6.07, 6.45) is -8.49. The summed E-state index contributed by atoms with van der Waals surface area (Å²) in [7, 11) is 3.46. The van der Waals surface area contributed by atoms with E-state index >= 15 is 0 Å². The van der Waals surface area contributed by atoms with E-state index in [0.717, 1.165) is 19.4 Å². The second-order valence-electron chi connectivity index (χ2n) is 17.6. The Bertz CT molecular complexity index is 1170.